The summed E-state index contributed by atoms with van der Waals surface area (Å²) < 4.78 is 0. The molecule has 1 aromatic carbocycles. The third-order valence-electron chi connectivity index (χ3n) is 2.80. The minimum absolute atomic E-state index is 1.00. The van der Waals surface area contributed by atoms with E-state index in [0.717, 1.165) is 33.2 Å². The SMILES string of the molecule is Cc1ccc2ccc3ccc(C)nc3c2n1.[Cu][I]. The topological polar surface area (TPSA) is 25.8 Å². The van der Waals surface area contributed by atoms with Crippen LogP contribution in [0.15, 0.2) is 36.4 Å². The Kier molecular flexibility index (Phi) is 4.54. The molecular formula is C14H12CuIN2. The molecule has 0 N–H and O–H groups in total. The fourth-order valence-electron chi connectivity index (χ4n) is 1.96. The number of rotatable bonds is 0. The predicted octanol–water partition coefficient (Wildman–Crippen LogP) is 4.28. The van der Waals surface area contributed by atoms with Gasteiger partial charge in [0.15, 0.2) is 0 Å². The van der Waals surface area contributed by atoms with Crippen molar-refractivity contribution in [2.45, 2.75) is 13.8 Å². The van der Waals surface area contributed by atoms with E-state index in [1.54, 1.807) is 20.3 Å². The monoisotopic (exact) mass is 398 g/mol. The van der Waals surface area contributed by atoms with Crippen LogP contribution < -0.4 is 0 Å². The van der Waals surface area contributed by atoms with Crippen LogP contribution in [0.1, 0.15) is 11.4 Å². The molecule has 0 aliphatic carbocycles. The fraction of sp³-hybridized carbons (Fsp3) is 0.143. The number of nitrogens with zero attached hydrogens (tertiary/aromatic N) is 2. The molecule has 0 unspecified atom stereocenters. The van der Waals surface area contributed by atoms with E-state index in [4.69, 9.17) is 0 Å². The average Bonchev–Trinajstić information content (AvgIpc) is 2.41. The van der Waals surface area contributed by atoms with Gasteiger partial charge in [0.05, 0.1) is 11.0 Å². The summed E-state index contributed by atoms with van der Waals surface area (Å²) in [7, 11) is 0. The minimum atomic E-state index is 1.00. The van der Waals surface area contributed by atoms with Gasteiger partial charge in [0.2, 0.25) is 0 Å². The van der Waals surface area contributed by atoms with Crippen LogP contribution in [0.4, 0.5) is 0 Å². The number of aromatic nitrogens is 2. The Morgan fingerprint density at radius 1 is 0.722 bits per heavy atom. The van der Waals surface area contributed by atoms with Gasteiger partial charge in [0, 0.05) is 22.2 Å². The zero-order valence-electron chi connectivity index (χ0n) is 10.0. The Hall–Kier alpha value is -0.711. The summed E-state index contributed by atoms with van der Waals surface area (Å²) in [5, 5.41) is 2.30. The van der Waals surface area contributed by atoms with E-state index in [1.807, 2.05) is 26.0 Å². The molecule has 0 saturated carbocycles. The van der Waals surface area contributed by atoms with Crippen LogP contribution in [-0.2, 0) is 12.8 Å². The maximum atomic E-state index is 4.58. The summed E-state index contributed by atoms with van der Waals surface area (Å²) in [6.45, 7) is 4.02. The maximum absolute atomic E-state index is 4.58. The van der Waals surface area contributed by atoms with E-state index < -0.39 is 0 Å². The number of fused-ring (bicyclic) bond motifs is 3. The number of halogens is 1. The molecule has 0 atom stereocenters. The fourth-order valence-corrected chi connectivity index (χ4v) is 1.96. The summed E-state index contributed by atoms with van der Waals surface area (Å²) in [4.78, 5) is 9.16. The van der Waals surface area contributed by atoms with Crippen molar-refractivity contribution in [3.05, 3.63) is 47.8 Å². The number of benzene rings is 1. The predicted molar refractivity (Wildman–Crippen MR) is 80.5 cm³/mol. The van der Waals surface area contributed by atoms with Crippen LogP contribution in [0.5, 0.6) is 0 Å². The third-order valence-corrected chi connectivity index (χ3v) is 2.80. The zero-order valence-corrected chi connectivity index (χ0v) is 13.1. The van der Waals surface area contributed by atoms with Crippen molar-refractivity contribution in [3.63, 3.8) is 0 Å². The number of pyridine rings is 2. The Morgan fingerprint density at radius 2 is 1.06 bits per heavy atom. The van der Waals surface area contributed by atoms with E-state index in [1.165, 1.54) is 0 Å². The van der Waals surface area contributed by atoms with Crippen molar-refractivity contribution < 1.29 is 12.8 Å². The first kappa shape index (κ1) is 13.7. The summed E-state index contributed by atoms with van der Waals surface area (Å²) in [5.74, 6) is 0. The van der Waals surface area contributed by atoms with Gasteiger partial charge in [-0.25, -0.2) is 0 Å². The Morgan fingerprint density at radius 3 is 1.44 bits per heavy atom. The summed E-state index contributed by atoms with van der Waals surface area (Å²) in [6, 6.07) is 12.5. The molecule has 0 saturated heterocycles. The van der Waals surface area contributed by atoms with Gasteiger partial charge < -0.3 is 0 Å². The molecular weight excluding hydrogens is 387 g/mol. The normalized spacial score (nSPS) is 10.3. The zero-order chi connectivity index (χ0) is 13.1. The molecule has 2 nitrogen and oxygen atoms in total. The molecule has 3 aromatic rings. The first-order chi connectivity index (χ1) is 8.74. The van der Waals surface area contributed by atoms with Gasteiger partial charge in [-0.2, -0.15) is 0 Å². The summed E-state index contributed by atoms with van der Waals surface area (Å²) >= 11 is 5.87. The average molecular weight is 399 g/mol. The molecule has 4 heteroatoms. The first-order valence-electron chi connectivity index (χ1n) is 5.49. The number of hydrogen-bond acceptors (Lipinski definition) is 2. The Bertz CT molecular complexity index is 637. The molecule has 2 aromatic heterocycles. The summed E-state index contributed by atoms with van der Waals surface area (Å²) in [6.07, 6.45) is 0. The van der Waals surface area contributed by atoms with Crippen molar-refractivity contribution >= 4 is 42.2 Å². The van der Waals surface area contributed by atoms with Crippen LogP contribution in [0, 0.1) is 13.8 Å². The van der Waals surface area contributed by atoms with Crippen molar-refractivity contribution in [2.24, 2.45) is 0 Å². The van der Waals surface area contributed by atoms with Gasteiger partial charge in [-0.1, -0.05) is 24.3 Å². The Labute approximate surface area is 126 Å². The molecule has 0 aliphatic rings. The molecule has 0 aliphatic heterocycles. The van der Waals surface area contributed by atoms with Crippen LogP contribution in [0.2, 0.25) is 0 Å². The van der Waals surface area contributed by atoms with Crippen molar-refractivity contribution in [2.75, 3.05) is 0 Å². The van der Waals surface area contributed by atoms with E-state index >= 15 is 0 Å². The van der Waals surface area contributed by atoms with Crippen LogP contribution in [0.3, 0.4) is 0 Å². The third kappa shape index (κ3) is 2.66. The second kappa shape index (κ2) is 5.95. The van der Waals surface area contributed by atoms with E-state index in [-0.39, 0.29) is 0 Å². The van der Waals surface area contributed by atoms with Crippen LogP contribution >= 0.6 is 20.3 Å². The molecule has 0 amide bonds. The van der Waals surface area contributed by atoms with Gasteiger partial charge in [0.25, 0.3) is 0 Å². The van der Waals surface area contributed by atoms with Gasteiger partial charge in [-0.3, -0.25) is 9.97 Å². The van der Waals surface area contributed by atoms with E-state index in [2.05, 4.69) is 47.0 Å². The van der Waals surface area contributed by atoms with Crippen molar-refractivity contribution in [1.29, 1.82) is 0 Å². The van der Waals surface area contributed by atoms with Gasteiger partial charge in [-0.05, 0) is 26.0 Å². The Balaban J connectivity index is 0.000000574. The molecule has 96 valence electrons. The molecule has 3 rings (SSSR count). The van der Waals surface area contributed by atoms with Crippen molar-refractivity contribution in [3.8, 4) is 0 Å². The van der Waals surface area contributed by atoms with Gasteiger partial charge in [0.1, 0.15) is 0 Å². The molecule has 0 spiro atoms. The molecule has 0 radical (unpaired) electrons. The molecule has 18 heavy (non-hydrogen) atoms. The number of hydrogen-bond donors (Lipinski definition) is 0. The molecule has 0 bridgehead atoms. The van der Waals surface area contributed by atoms with E-state index in [9.17, 15) is 0 Å². The van der Waals surface area contributed by atoms with Crippen LogP contribution in [0.25, 0.3) is 21.8 Å². The standard InChI is InChI=1S/C14H12N2.Cu.HI/c1-9-3-5-11-7-8-12-6-4-10(2)16-14(12)13(11)15-9;;/h3-8H,1-2H3;;1H/q;+1;/p-1. The van der Waals surface area contributed by atoms with Crippen molar-refractivity contribution in [1.82, 2.24) is 9.97 Å². The number of aryl methyl sites for hydroxylation is 2. The van der Waals surface area contributed by atoms with Crippen LogP contribution in [-0.4, -0.2) is 9.97 Å². The quantitative estimate of drug-likeness (QED) is 0.321. The van der Waals surface area contributed by atoms with Gasteiger partial charge in [-0.15, -0.1) is 0 Å². The summed E-state index contributed by atoms with van der Waals surface area (Å²) in [5.41, 5.74) is 4.06. The van der Waals surface area contributed by atoms with Gasteiger partial charge >= 0.3 is 33.1 Å². The second-order valence-electron chi connectivity index (χ2n) is 4.11. The molecule has 2 heterocycles. The molecule has 0 fully saturated rings. The first-order valence-corrected chi connectivity index (χ1v) is 8.53. The second-order valence-corrected chi connectivity index (χ2v) is 4.11. The van der Waals surface area contributed by atoms with E-state index in [0.29, 0.717) is 0 Å².